The highest BCUT2D eigenvalue weighted by Crippen LogP contribution is 2.26. The molecule has 0 unspecified atom stereocenters. The summed E-state index contributed by atoms with van der Waals surface area (Å²) in [6.45, 7) is 5.92. The van der Waals surface area contributed by atoms with Gasteiger partial charge < -0.3 is 14.5 Å². The highest BCUT2D eigenvalue weighted by Gasteiger charge is 2.32. The summed E-state index contributed by atoms with van der Waals surface area (Å²) in [5.74, 6) is -2.61. The number of aromatic nitrogens is 1. The number of hydrogen-bond acceptors (Lipinski definition) is 5. The molecule has 1 aromatic heterocycles. The Hall–Kier alpha value is -4.01. The van der Waals surface area contributed by atoms with E-state index in [9.17, 15) is 23.6 Å². The Balaban J connectivity index is 1.54. The molecule has 3 aromatic rings. The van der Waals surface area contributed by atoms with Crippen LogP contribution in [0.4, 0.5) is 9.18 Å². The number of Topliss-reactive ketones (excluding diaryl/α,β-unsaturated/α-hetero) is 1. The van der Waals surface area contributed by atoms with Crippen LogP contribution in [0.15, 0.2) is 54.7 Å². The molecule has 1 saturated heterocycles. The number of nitrogens with zero attached hydrogens (tertiary/aromatic N) is 3. The lowest BCUT2D eigenvalue weighted by Gasteiger charge is -2.34. The quantitative estimate of drug-likeness (QED) is 0.422. The SMILES string of the molecule is CC(C)(C)OC(=O)n1cc(C(=O)C(=O)N2CCN(C(=O)c3ccccc3)CC2)c2c(F)cccc21. The van der Waals surface area contributed by atoms with Crippen molar-refractivity contribution < 1.29 is 28.3 Å². The topological polar surface area (TPSA) is 88.9 Å². The summed E-state index contributed by atoms with van der Waals surface area (Å²) in [6.07, 6.45) is 0.365. The number of carbonyl (C=O) groups is 4. The van der Waals surface area contributed by atoms with Gasteiger partial charge in [0.05, 0.1) is 11.1 Å². The number of ketones is 1. The third kappa shape index (κ3) is 4.94. The van der Waals surface area contributed by atoms with Gasteiger partial charge in [-0.05, 0) is 45.0 Å². The number of hydrogen-bond donors (Lipinski definition) is 0. The Morgan fingerprint density at radius 3 is 2.11 bits per heavy atom. The van der Waals surface area contributed by atoms with Gasteiger partial charge in [0.2, 0.25) is 0 Å². The average Bonchev–Trinajstić information content (AvgIpc) is 3.23. The van der Waals surface area contributed by atoms with Crippen molar-refractivity contribution in [3.05, 3.63) is 71.7 Å². The molecule has 0 spiro atoms. The summed E-state index contributed by atoms with van der Waals surface area (Å²) in [7, 11) is 0. The molecule has 35 heavy (non-hydrogen) atoms. The van der Waals surface area contributed by atoms with E-state index in [1.807, 2.05) is 6.07 Å². The number of halogens is 1. The fourth-order valence-electron chi connectivity index (χ4n) is 4.01. The van der Waals surface area contributed by atoms with Crippen LogP contribution >= 0.6 is 0 Å². The molecule has 0 atom stereocenters. The molecule has 2 aromatic carbocycles. The molecule has 0 bridgehead atoms. The van der Waals surface area contributed by atoms with Gasteiger partial charge in [0.15, 0.2) is 0 Å². The van der Waals surface area contributed by atoms with Crippen molar-refractivity contribution in [2.45, 2.75) is 26.4 Å². The largest absolute Gasteiger partial charge is 0.443 e. The Morgan fingerprint density at radius 2 is 1.49 bits per heavy atom. The molecule has 4 rings (SSSR count). The Morgan fingerprint density at radius 1 is 0.857 bits per heavy atom. The number of benzene rings is 2. The molecule has 182 valence electrons. The number of fused-ring (bicyclic) bond motifs is 1. The van der Waals surface area contributed by atoms with Crippen LogP contribution < -0.4 is 0 Å². The standard InChI is InChI=1S/C26H26FN3O5/c1-26(2,3)35-25(34)30-16-18(21-19(27)10-7-11-20(21)30)22(31)24(33)29-14-12-28(13-15-29)23(32)17-8-5-4-6-9-17/h4-11,16H,12-15H2,1-3H3. The van der Waals surface area contributed by atoms with E-state index in [1.165, 1.54) is 17.0 Å². The summed E-state index contributed by atoms with van der Waals surface area (Å²) in [6, 6.07) is 12.9. The monoisotopic (exact) mass is 479 g/mol. The molecule has 1 aliphatic rings. The van der Waals surface area contributed by atoms with Gasteiger partial charge in [-0.25, -0.2) is 9.18 Å². The van der Waals surface area contributed by atoms with Gasteiger partial charge in [-0.3, -0.25) is 19.0 Å². The Bertz CT molecular complexity index is 1300. The fourth-order valence-corrected chi connectivity index (χ4v) is 4.01. The van der Waals surface area contributed by atoms with Crippen molar-refractivity contribution in [1.82, 2.24) is 14.4 Å². The van der Waals surface area contributed by atoms with Crippen LogP contribution in [0.1, 0.15) is 41.5 Å². The maximum absolute atomic E-state index is 14.7. The molecular formula is C26H26FN3O5. The van der Waals surface area contributed by atoms with Crippen LogP contribution in [0.25, 0.3) is 10.9 Å². The second-order valence-corrected chi connectivity index (χ2v) is 9.31. The second-order valence-electron chi connectivity index (χ2n) is 9.31. The first-order valence-corrected chi connectivity index (χ1v) is 11.3. The van der Waals surface area contributed by atoms with E-state index in [2.05, 4.69) is 0 Å². The molecule has 1 aliphatic heterocycles. The highest BCUT2D eigenvalue weighted by molar-refractivity contribution is 6.45. The summed E-state index contributed by atoms with van der Waals surface area (Å²) in [4.78, 5) is 54.5. The number of amides is 2. The predicted molar refractivity (Wildman–Crippen MR) is 127 cm³/mol. The minimum Gasteiger partial charge on any atom is -0.443 e. The molecule has 1 fully saturated rings. The van der Waals surface area contributed by atoms with Crippen LogP contribution in [-0.4, -0.2) is 69.8 Å². The molecule has 0 radical (unpaired) electrons. The Labute approximate surface area is 201 Å². The summed E-state index contributed by atoms with van der Waals surface area (Å²) in [5.41, 5.74) is -0.336. The van der Waals surface area contributed by atoms with Crippen LogP contribution in [0.2, 0.25) is 0 Å². The lowest BCUT2D eigenvalue weighted by atomic mass is 10.1. The molecule has 0 aliphatic carbocycles. The zero-order valence-corrected chi connectivity index (χ0v) is 19.8. The minimum atomic E-state index is -0.926. The van der Waals surface area contributed by atoms with Gasteiger partial charge in [-0.1, -0.05) is 24.3 Å². The van der Waals surface area contributed by atoms with Gasteiger partial charge in [0.25, 0.3) is 17.6 Å². The van der Waals surface area contributed by atoms with Gasteiger partial charge in [-0.2, -0.15) is 0 Å². The Kier molecular flexibility index (Phi) is 6.43. The van der Waals surface area contributed by atoms with E-state index in [1.54, 1.807) is 49.9 Å². The van der Waals surface area contributed by atoms with Crippen molar-refractivity contribution >= 4 is 34.6 Å². The second kappa shape index (κ2) is 9.32. The summed E-state index contributed by atoms with van der Waals surface area (Å²) in [5, 5.41) is -0.116. The van der Waals surface area contributed by atoms with E-state index in [0.717, 1.165) is 16.8 Å². The summed E-state index contributed by atoms with van der Waals surface area (Å²) < 4.78 is 21.2. The smallest absolute Gasteiger partial charge is 0.419 e. The molecule has 8 nitrogen and oxygen atoms in total. The fraction of sp³-hybridized carbons (Fsp3) is 0.308. The van der Waals surface area contributed by atoms with E-state index in [4.69, 9.17) is 4.74 Å². The summed E-state index contributed by atoms with van der Waals surface area (Å²) >= 11 is 0. The lowest BCUT2D eigenvalue weighted by molar-refractivity contribution is -0.127. The third-order valence-corrected chi connectivity index (χ3v) is 5.68. The van der Waals surface area contributed by atoms with Gasteiger partial charge in [-0.15, -0.1) is 0 Å². The van der Waals surface area contributed by atoms with E-state index < -0.39 is 29.2 Å². The first-order valence-electron chi connectivity index (χ1n) is 11.3. The van der Waals surface area contributed by atoms with Crippen molar-refractivity contribution in [3.8, 4) is 0 Å². The molecular weight excluding hydrogens is 453 g/mol. The lowest BCUT2D eigenvalue weighted by Crippen LogP contribution is -2.52. The minimum absolute atomic E-state index is 0.116. The first kappa shape index (κ1) is 24.1. The molecule has 2 amide bonds. The molecule has 0 N–H and O–H groups in total. The maximum Gasteiger partial charge on any atom is 0.419 e. The molecule has 0 saturated carbocycles. The van der Waals surface area contributed by atoms with Gasteiger partial charge in [0.1, 0.15) is 11.4 Å². The van der Waals surface area contributed by atoms with Crippen LogP contribution in [0.5, 0.6) is 0 Å². The number of rotatable bonds is 3. The number of ether oxygens (including phenoxy) is 1. The zero-order valence-electron chi connectivity index (χ0n) is 19.8. The highest BCUT2D eigenvalue weighted by atomic mass is 19.1. The van der Waals surface area contributed by atoms with E-state index in [-0.39, 0.29) is 48.6 Å². The van der Waals surface area contributed by atoms with Crippen LogP contribution in [0, 0.1) is 5.82 Å². The van der Waals surface area contributed by atoms with E-state index >= 15 is 0 Å². The third-order valence-electron chi connectivity index (χ3n) is 5.68. The van der Waals surface area contributed by atoms with Crippen molar-refractivity contribution in [2.24, 2.45) is 0 Å². The van der Waals surface area contributed by atoms with Crippen LogP contribution in [0.3, 0.4) is 0 Å². The number of carbonyl (C=O) groups excluding carboxylic acids is 4. The van der Waals surface area contributed by atoms with Crippen molar-refractivity contribution in [3.63, 3.8) is 0 Å². The van der Waals surface area contributed by atoms with Crippen LogP contribution in [-0.2, 0) is 9.53 Å². The molecule has 9 heteroatoms. The maximum atomic E-state index is 14.7. The first-order chi connectivity index (χ1) is 16.6. The predicted octanol–water partition coefficient (Wildman–Crippen LogP) is 3.73. The van der Waals surface area contributed by atoms with E-state index in [0.29, 0.717) is 5.56 Å². The van der Waals surface area contributed by atoms with Gasteiger partial charge >= 0.3 is 6.09 Å². The van der Waals surface area contributed by atoms with Gasteiger partial charge in [0, 0.05) is 43.3 Å². The molecule has 2 heterocycles. The zero-order chi connectivity index (χ0) is 25.3. The number of piperazine rings is 1. The average molecular weight is 480 g/mol. The van der Waals surface area contributed by atoms with Crippen molar-refractivity contribution in [2.75, 3.05) is 26.2 Å². The normalized spacial score (nSPS) is 14.2. The van der Waals surface area contributed by atoms with Crippen molar-refractivity contribution in [1.29, 1.82) is 0 Å².